The van der Waals surface area contributed by atoms with Crippen LogP contribution in [0.2, 0.25) is 0 Å². The van der Waals surface area contributed by atoms with E-state index in [0.29, 0.717) is 24.5 Å². The Kier molecular flexibility index (Phi) is 5.09. The van der Waals surface area contributed by atoms with Crippen LogP contribution in [0.1, 0.15) is 17.5 Å². The molecule has 0 amide bonds. The zero-order valence-corrected chi connectivity index (χ0v) is 13.4. The van der Waals surface area contributed by atoms with Crippen LogP contribution in [0.3, 0.4) is 0 Å². The monoisotopic (exact) mass is 389 g/mol. The van der Waals surface area contributed by atoms with Crippen LogP contribution in [0, 0.1) is 0 Å². The molecule has 1 N–H and O–H groups in total. The largest absolute Gasteiger partial charge is 0.383 e. The quantitative estimate of drug-likeness (QED) is 0.852. The van der Waals surface area contributed by atoms with Gasteiger partial charge in [0.2, 0.25) is 0 Å². The summed E-state index contributed by atoms with van der Waals surface area (Å²) >= 11 is 6.80. The second-order valence-corrected chi connectivity index (χ2v) is 5.58. The third kappa shape index (κ3) is 3.22. The van der Waals surface area contributed by atoms with Gasteiger partial charge in [-0.1, -0.05) is 0 Å². The summed E-state index contributed by atoms with van der Waals surface area (Å²) in [4.78, 5) is 4.21. The molecule has 102 valence electrons. The number of aliphatic hydroxyl groups excluding tert-OH is 1. The third-order valence-corrected chi connectivity index (χ3v) is 3.93. The van der Waals surface area contributed by atoms with E-state index in [4.69, 9.17) is 4.74 Å². The maximum Gasteiger partial charge on any atom is 0.140 e. The molecule has 0 fully saturated rings. The van der Waals surface area contributed by atoms with Crippen LogP contribution >= 0.6 is 31.9 Å². The molecule has 2 heterocycles. The zero-order valence-electron chi connectivity index (χ0n) is 10.3. The number of methoxy groups -OCH3 is 1. The van der Waals surface area contributed by atoms with E-state index >= 15 is 0 Å². The molecule has 2 aromatic heterocycles. The van der Waals surface area contributed by atoms with Crippen molar-refractivity contribution in [3.8, 4) is 0 Å². The van der Waals surface area contributed by atoms with Gasteiger partial charge in [-0.15, -0.1) is 0 Å². The van der Waals surface area contributed by atoms with Crippen LogP contribution in [0.15, 0.2) is 33.5 Å². The van der Waals surface area contributed by atoms with Gasteiger partial charge in [-0.3, -0.25) is 9.67 Å². The van der Waals surface area contributed by atoms with Crippen molar-refractivity contribution in [2.45, 2.75) is 12.6 Å². The van der Waals surface area contributed by atoms with E-state index in [1.165, 1.54) is 0 Å². The van der Waals surface area contributed by atoms with Crippen LogP contribution in [0.25, 0.3) is 0 Å². The molecule has 0 aromatic carbocycles. The maximum absolute atomic E-state index is 10.5. The van der Waals surface area contributed by atoms with Gasteiger partial charge in [0.05, 0.1) is 35.2 Å². The van der Waals surface area contributed by atoms with Crippen molar-refractivity contribution in [3.63, 3.8) is 0 Å². The SMILES string of the molecule is COCCn1ncc(Br)c1C(O)c1ncccc1Br. The molecule has 0 bridgehead atoms. The fourth-order valence-electron chi connectivity index (χ4n) is 1.73. The molecular formula is C12H13Br2N3O2. The van der Waals surface area contributed by atoms with Crippen LogP contribution < -0.4 is 0 Å². The second kappa shape index (κ2) is 6.60. The number of hydrogen-bond donors (Lipinski definition) is 1. The van der Waals surface area contributed by atoms with Gasteiger partial charge >= 0.3 is 0 Å². The summed E-state index contributed by atoms with van der Waals surface area (Å²) in [7, 11) is 1.63. The number of nitrogens with zero attached hydrogens (tertiary/aromatic N) is 3. The number of ether oxygens (including phenoxy) is 1. The normalized spacial score (nSPS) is 12.6. The van der Waals surface area contributed by atoms with Crippen LogP contribution in [-0.4, -0.2) is 33.6 Å². The summed E-state index contributed by atoms with van der Waals surface area (Å²) in [5, 5.41) is 14.7. The van der Waals surface area contributed by atoms with Crippen molar-refractivity contribution >= 4 is 31.9 Å². The van der Waals surface area contributed by atoms with E-state index in [1.807, 2.05) is 6.07 Å². The first-order valence-corrected chi connectivity index (χ1v) is 7.22. The van der Waals surface area contributed by atoms with Crippen molar-refractivity contribution in [2.75, 3.05) is 13.7 Å². The Morgan fingerprint density at radius 2 is 2.21 bits per heavy atom. The predicted octanol–water partition coefficient (Wildman–Crippen LogP) is 2.53. The number of pyridine rings is 1. The molecule has 0 radical (unpaired) electrons. The van der Waals surface area contributed by atoms with Crippen molar-refractivity contribution in [3.05, 3.63) is 44.9 Å². The molecule has 19 heavy (non-hydrogen) atoms. The molecule has 1 unspecified atom stereocenters. The molecule has 0 aliphatic heterocycles. The minimum absolute atomic E-state index is 0.525. The molecule has 2 rings (SSSR count). The highest BCUT2D eigenvalue weighted by Gasteiger charge is 2.22. The van der Waals surface area contributed by atoms with Crippen LogP contribution in [-0.2, 0) is 11.3 Å². The number of aliphatic hydroxyl groups is 1. The van der Waals surface area contributed by atoms with Gasteiger partial charge in [0, 0.05) is 17.8 Å². The van der Waals surface area contributed by atoms with Gasteiger partial charge in [-0.25, -0.2) is 0 Å². The van der Waals surface area contributed by atoms with Crippen molar-refractivity contribution in [1.82, 2.24) is 14.8 Å². The Labute approximate surface area is 127 Å². The molecule has 0 aliphatic carbocycles. The highest BCUT2D eigenvalue weighted by molar-refractivity contribution is 9.10. The predicted molar refractivity (Wildman–Crippen MR) is 77.8 cm³/mol. The lowest BCUT2D eigenvalue weighted by atomic mass is 10.1. The van der Waals surface area contributed by atoms with E-state index < -0.39 is 6.10 Å². The van der Waals surface area contributed by atoms with Gasteiger partial charge in [0.15, 0.2) is 0 Å². The first kappa shape index (κ1) is 14.6. The van der Waals surface area contributed by atoms with E-state index in [2.05, 4.69) is 41.9 Å². The molecular weight excluding hydrogens is 378 g/mol. The number of halogens is 2. The minimum atomic E-state index is -0.857. The summed E-state index contributed by atoms with van der Waals surface area (Å²) in [6, 6.07) is 3.65. The van der Waals surface area contributed by atoms with Gasteiger partial charge in [-0.2, -0.15) is 5.10 Å². The molecule has 0 aliphatic rings. The first-order chi connectivity index (χ1) is 9.15. The fraction of sp³-hybridized carbons (Fsp3) is 0.333. The fourth-order valence-corrected chi connectivity index (χ4v) is 2.71. The minimum Gasteiger partial charge on any atom is -0.383 e. The van der Waals surface area contributed by atoms with Gasteiger partial charge in [-0.05, 0) is 44.0 Å². The van der Waals surface area contributed by atoms with E-state index in [0.717, 1.165) is 8.95 Å². The van der Waals surface area contributed by atoms with Crippen molar-refractivity contribution < 1.29 is 9.84 Å². The number of rotatable bonds is 5. The Bertz CT molecular complexity index is 560. The molecule has 0 saturated heterocycles. The van der Waals surface area contributed by atoms with E-state index in [-0.39, 0.29) is 0 Å². The number of hydrogen-bond acceptors (Lipinski definition) is 4. The van der Waals surface area contributed by atoms with E-state index in [1.54, 1.807) is 30.3 Å². The highest BCUT2D eigenvalue weighted by Crippen LogP contribution is 2.30. The average molecular weight is 391 g/mol. The smallest absolute Gasteiger partial charge is 0.140 e. The topological polar surface area (TPSA) is 60.2 Å². The molecule has 5 nitrogen and oxygen atoms in total. The molecule has 7 heteroatoms. The average Bonchev–Trinajstić information content (AvgIpc) is 2.77. The summed E-state index contributed by atoms with van der Waals surface area (Å²) in [5.41, 5.74) is 1.22. The summed E-state index contributed by atoms with van der Waals surface area (Å²) in [6.07, 6.45) is 2.45. The van der Waals surface area contributed by atoms with Crippen molar-refractivity contribution in [2.24, 2.45) is 0 Å². The Morgan fingerprint density at radius 3 is 2.89 bits per heavy atom. The summed E-state index contributed by atoms with van der Waals surface area (Å²) < 4.78 is 8.25. The van der Waals surface area contributed by atoms with Gasteiger partial charge < -0.3 is 9.84 Å². The lowest BCUT2D eigenvalue weighted by Gasteiger charge is -2.14. The molecule has 0 saturated carbocycles. The summed E-state index contributed by atoms with van der Waals surface area (Å²) in [5.74, 6) is 0. The van der Waals surface area contributed by atoms with Gasteiger partial charge in [0.1, 0.15) is 6.10 Å². The molecule has 0 spiro atoms. The third-order valence-electron chi connectivity index (χ3n) is 2.65. The Balaban J connectivity index is 2.35. The first-order valence-electron chi connectivity index (χ1n) is 5.63. The van der Waals surface area contributed by atoms with Crippen molar-refractivity contribution in [1.29, 1.82) is 0 Å². The molecule has 1 atom stereocenters. The Hall–Kier alpha value is -0.760. The van der Waals surface area contributed by atoms with Gasteiger partial charge in [0.25, 0.3) is 0 Å². The standard InChI is InChI=1S/C12H13Br2N3O2/c1-19-6-5-17-11(9(14)7-16-17)12(18)10-8(13)3-2-4-15-10/h2-4,7,12,18H,5-6H2,1H3. The number of aromatic nitrogens is 3. The maximum atomic E-state index is 10.5. The lowest BCUT2D eigenvalue weighted by Crippen LogP contribution is -2.14. The highest BCUT2D eigenvalue weighted by atomic mass is 79.9. The van der Waals surface area contributed by atoms with Crippen LogP contribution in [0.4, 0.5) is 0 Å². The summed E-state index contributed by atoms with van der Waals surface area (Å²) in [6.45, 7) is 1.09. The Morgan fingerprint density at radius 1 is 1.42 bits per heavy atom. The van der Waals surface area contributed by atoms with E-state index in [9.17, 15) is 5.11 Å². The van der Waals surface area contributed by atoms with Crippen LogP contribution in [0.5, 0.6) is 0 Å². The zero-order chi connectivity index (χ0) is 13.8. The lowest BCUT2D eigenvalue weighted by molar-refractivity contribution is 0.169. The molecule has 2 aromatic rings. The second-order valence-electron chi connectivity index (χ2n) is 3.87.